The highest BCUT2D eigenvalue weighted by atomic mass is 16.3. The van der Waals surface area contributed by atoms with E-state index < -0.39 is 0 Å². The number of aromatic nitrogens is 3. The molecule has 0 amide bonds. The van der Waals surface area contributed by atoms with Crippen LogP contribution in [0.3, 0.4) is 0 Å². The third-order valence-corrected chi connectivity index (χ3v) is 3.16. The molecule has 0 aliphatic rings. The number of benzene rings is 1. The predicted octanol–water partition coefficient (Wildman–Crippen LogP) is 2.62. The Morgan fingerprint density at radius 2 is 2.00 bits per heavy atom. The molecule has 5 nitrogen and oxygen atoms in total. The van der Waals surface area contributed by atoms with Crippen LogP contribution in [0.1, 0.15) is 11.3 Å². The molecule has 0 saturated heterocycles. The Balaban J connectivity index is 2.12. The zero-order chi connectivity index (χ0) is 14.8. The van der Waals surface area contributed by atoms with E-state index in [1.54, 1.807) is 36.4 Å². The Morgan fingerprint density at radius 3 is 2.62 bits per heavy atom. The lowest BCUT2D eigenvalue weighted by atomic mass is 10.0. The number of pyridine rings is 1. The Morgan fingerprint density at radius 1 is 1.24 bits per heavy atom. The summed E-state index contributed by atoms with van der Waals surface area (Å²) < 4.78 is 1.39. The van der Waals surface area contributed by atoms with Gasteiger partial charge in [0.2, 0.25) is 5.88 Å². The molecule has 1 radical (unpaired) electrons. The molecule has 0 unspecified atom stereocenters. The average molecular weight is 275 g/mol. The van der Waals surface area contributed by atoms with Gasteiger partial charge < -0.3 is 5.11 Å². The molecule has 0 atom stereocenters. The summed E-state index contributed by atoms with van der Waals surface area (Å²) in [5.41, 5.74) is 2.70. The SMILES string of the molecule is Cc1nn(-c2cc[c]cn2)c(O)c1-c1ccc(C#N)cc1. The Bertz CT molecular complexity index is 814. The van der Waals surface area contributed by atoms with Gasteiger partial charge in [-0.2, -0.15) is 15.0 Å². The van der Waals surface area contributed by atoms with E-state index in [1.165, 1.54) is 10.9 Å². The molecule has 0 bridgehead atoms. The fourth-order valence-electron chi connectivity index (χ4n) is 2.16. The Labute approximate surface area is 121 Å². The molecule has 2 heterocycles. The minimum Gasteiger partial charge on any atom is -0.493 e. The molecule has 0 saturated carbocycles. The van der Waals surface area contributed by atoms with Crippen molar-refractivity contribution in [1.29, 1.82) is 5.26 Å². The lowest BCUT2D eigenvalue weighted by Gasteiger charge is -2.03. The molecular formula is C16H11N4O. The van der Waals surface area contributed by atoms with Crippen molar-refractivity contribution in [2.24, 2.45) is 0 Å². The van der Waals surface area contributed by atoms with Gasteiger partial charge in [-0.1, -0.05) is 12.1 Å². The quantitative estimate of drug-likeness (QED) is 0.780. The number of hydrogen-bond acceptors (Lipinski definition) is 4. The fourth-order valence-corrected chi connectivity index (χ4v) is 2.16. The van der Waals surface area contributed by atoms with E-state index in [2.05, 4.69) is 22.2 Å². The Hall–Kier alpha value is -3.13. The van der Waals surface area contributed by atoms with Gasteiger partial charge in [0.1, 0.15) is 0 Å². The smallest absolute Gasteiger partial charge is 0.223 e. The monoisotopic (exact) mass is 275 g/mol. The first-order valence-corrected chi connectivity index (χ1v) is 6.32. The largest absolute Gasteiger partial charge is 0.493 e. The van der Waals surface area contributed by atoms with Crippen molar-refractivity contribution in [2.45, 2.75) is 6.92 Å². The van der Waals surface area contributed by atoms with Crippen LogP contribution in [-0.4, -0.2) is 19.9 Å². The maximum Gasteiger partial charge on any atom is 0.223 e. The molecule has 21 heavy (non-hydrogen) atoms. The maximum atomic E-state index is 10.4. The van der Waals surface area contributed by atoms with Gasteiger partial charge in [-0.25, -0.2) is 4.98 Å². The molecule has 3 rings (SSSR count). The number of aromatic hydroxyl groups is 1. The van der Waals surface area contributed by atoms with E-state index in [1.807, 2.05) is 6.92 Å². The van der Waals surface area contributed by atoms with Gasteiger partial charge in [-0.05, 0) is 36.8 Å². The van der Waals surface area contributed by atoms with E-state index in [9.17, 15) is 5.11 Å². The highest BCUT2D eigenvalue weighted by Gasteiger charge is 2.17. The van der Waals surface area contributed by atoms with Crippen LogP contribution in [0.5, 0.6) is 5.88 Å². The summed E-state index contributed by atoms with van der Waals surface area (Å²) in [5.74, 6) is 0.546. The standard InChI is InChI=1S/C16H11N4O/c1-11-15(13-7-5-12(10-17)6-8-13)16(21)20(19-11)14-4-2-3-9-18-14/h2,4-9,21H,1H3. The highest BCUT2D eigenvalue weighted by molar-refractivity contribution is 5.72. The van der Waals surface area contributed by atoms with E-state index in [0.717, 1.165) is 5.56 Å². The third-order valence-electron chi connectivity index (χ3n) is 3.16. The molecule has 0 spiro atoms. The summed E-state index contributed by atoms with van der Waals surface area (Å²) in [7, 11) is 0. The number of hydrogen-bond donors (Lipinski definition) is 1. The maximum absolute atomic E-state index is 10.4. The van der Waals surface area contributed by atoms with Crippen LogP contribution in [0.2, 0.25) is 0 Å². The van der Waals surface area contributed by atoms with Gasteiger partial charge in [-0.15, -0.1) is 0 Å². The minimum atomic E-state index is 0.0240. The lowest BCUT2D eigenvalue weighted by Crippen LogP contribution is -1.98. The van der Waals surface area contributed by atoms with Crippen molar-refractivity contribution in [3.8, 4) is 28.9 Å². The van der Waals surface area contributed by atoms with Gasteiger partial charge in [0.15, 0.2) is 5.82 Å². The topological polar surface area (TPSA) is 74.7 Å². The summed E-state index contributed by atoms with van der Waals surface area (Å²) in [4.78, 5) is 4.13. The molecule has 0 fully saturated rings. The first kappa shape index (κ1) is 12.9. The molecule has 1 N–H and O–H groups in total. The van der Waals surface area contributed by atoms with Crippen LogP contribution in [0.25, 0.3) is 16.9 Å². The summed E-state index contributed by atoms with van der Waals surface area (Å²) in [6, 6.07) is 15.3. The predicted molar refractivity (Wildman–Crippen MR) is 76.7 cm³/mol. The van der Waals surface area contributed by atoms with Crippen molar-refractivity contribution in [3.05, 3.63) is 59.9 Å². The second-order valence-corrected chi connectivity index (χ2v) is 4.50. The van der Waals surface area contributed by atoms with Crippen molar-refractivity contribution < 1.29 is 5.11 Å². The van der Waals surface area contributed by atoms with Crippen LogP contribution < -0.4 is 0 Å². The van der Waals surface area contributed by atoms with Crippen LogP contribution in [0, 0.1) is 24.3 Å². The van der Waals surface area contributed by atoms with Crippen molar-refractivity contribution in [3.63, 3.8) is 0 Å². The normalized spacial score (nSPS) is 10.3. The van der Waals surface area contributed by atoms with Gasteiger partial charge in [0, 0.05) is 12.3 Å². The zero-order valence-electron chi connectivity index (χ0n) is 11.3. The Kier molecular flexibility index (Phi) is 3.13. The van der Waals surface area contributed by atoms with E-state index in [4.69, 9.17) is 5.26 Å². The lowest BCUT2D eigenvalue weighted by molar-refractivity contribution is 0.433. The number of nitrogens with zero attached hydrogens (tertiary/aromatic N) is 4. The van der Waals surface area contributed by atoms with Crippen molar-refractivity contribution in [2.75, 3.05) is 0 Å². The molecule has 3 aromatic rings. The summed E-state index contributed by atoms with van der Waals surface area (Å²) in [6.07, 6.45) is 1.52. The highest BCUT2D eigenvalue weighted by Crippen LogP contribution is 2.33. The molecule has 101 valence electrons. The minimum absolute atomic E-state index is 0.0240. The van der Waals surface area contributed by atoms with Crippen LogP contribution in [-0.2, 0) is 0 Å². The molecule has 2 aromatic heterocycles. The van der Waals surface area contributed by atoms with E-state index in [0.29, 0.717) is 22.6 Å². The summed E-state index contributed by atoms with van der Waals surface area (Å²) in [5, 5.41) is 23.6. The number of nitriles is 1. The van der Waals surface area contributed by atoms with Gasteiger partial charge in [0.25, 0.3) is 0 Å². The third kappa shape index (κ3) is 2.23. The average Bonchev–Trinajstić information content (AvgIpc) is 2.83. The van der Waals surface area contributed by atoms with Crippen LogP contribution in [0.15, 0.2) is 42.6 Å². The molecular weight excluding hydrogens is 264 g/mol. The zero-order valence-corrected chi connectivity index (χ0v) is 11.3. The molecule has 1 aromatic carbocycles. The molecule has 0 aliphatic carbocycles. The van der Waals surface area contributed by atoms with Crippen molar-refractivity contribution in [1.82, 2.24) is 14.8 Å². The van der Waals surface area contributed by atoms with Gasteiger partial charge >= 0.3 is 0 Å². The first-order chi connectivity index (χ1) is 10.2. The molecule has 0 aliphatic heterocycles. The second kappa shape index (κ2) is 5.10. The first-order valence-electron chi connectivity index (χ1n) is 6.32. The second-order valence-electron chi connectivity index (χ2n) is 4.50. The van der Waals surface area contributed by atoms with E-state index >= 15 is 0 Å². The number of aryl methyl sites for hydroxylation is 1. The number of rotatable bonds is 2. The van der Waals surface area contributed by atoms with Gasteiger partial charge in [0.05, 0.1) is 22.9 Å². The fraction of sp³-hybridized carbons (Fsp3) is 0.0625. The van der Waals surface area contributed by atoms with Gasteiger partial charge in [-0.3, -0.25) is 0 Å². The van der Waals surface area contributed by atoms with E-state index in [-0.39, 0.29) is 5.88 Å². The summed E-state index contributed by atoms with van der Waals surface area (Å²) in [6.45, 7) is 1.82. The summed E-state index contributed by atoms with van der Waals surface area (Å²) >= 11 is 0. The van der Waals surface area contributed by atoms with Crippen molar-refractivity contribution >= 4 is 0 Å². The molecule has 5 heteroatoms. The van der Waals surface area contributed by atoms with Crippen LogP contribution >= 0.6 is 0 Å². The van der Waals surface area contributed by atoms with Crippen LogP contribution in [0.4, 0.5) is 0 Å².